The second-order valence-electron chi connectivity index (χ2n) is 3.76. The summed E-state index contributed by atoms with van der Waals surface area (Å²) < 4.78 is 10.2. The highest BCUT2D eigenvalue weighted by molar-refractivity contribution is 6.32. The SMILES string of the molecule is COc1ccc(NC(N)=NCc2ccco2)cc1Cl. The summed E-state index contributed by atoms with van der Waals surface area (Å²) in [6.07, 6.45) is 1.59. The number of furan rings is 1. The van der Waals surface area contributed by atoms with E-state index >= 15 is 0 Å². The van der Waals surface area contributed by atoms with Crippen LogP contribution in [0, 0.1) is 0 Å². The summed E-state index contributed by atoms with van der Waals surface area (Å²) in [6, 6.07) is 8.92. The first-order chi connectivity index (χ1) is 9.19. The maximum atomic E-state index is 6.01. The fraction of sp³-hybridized carbons (Fsp3) is 0.154. The van der Waals surface area contributed by atoms with E-state index in [4.69, 9.17) is 26.5 Å². The van der Waals surface area contributed by atoms with Crippen molar-refractivity contribution in [1.82, 2.24) is 0 Å². The first kappa shape index (κ1) is 13.3. The van der Waals surface area contributed by atoms with E-state index in [1.165, 1.54) is 0 Å². The molecule has 2 aromatic rings. The van der Waals surface area contributed by atoms with Crippen LogP contribution in [0.25, 0.3) is 0 Å². The number of guanidine groups is 1. The van der Waals surface area contributed by atoms with Crippen LogP contribution in [0.5, 0.6) is 5.75 Å². The summed E-state index contributed by atoms with van der Waals surface area (Å²) >= 11 is 6.01. The third-order valence-electron chi connectivity index (χ3n) is 2.41. The molecule has 0 aliphatic carbocycles. The Balaban J connectivity index is 2.00. The number of nitrogens with two attached hydrogens (primary N) is 1. The van der Waals surface area contributed by atoms with Gasteiger partial charge >= 0.3 is 0 Å². The van der Waals surface area contributed by atoms with Gasteiger partial charge in [0.15, 0.2) is 5.96 Å². The van der Waals surface area contributed by atoms with E-state index in [-0.39, 0.29) is 5.96 Å². The van der Waals surface area contributed by atoms with Crippen molar-refractivity contribution < 1.29 is 9.15 Å². The van der Waals surface area contributed by atoms with Crippen LogP contribution in [0.1, 0.15) is 5.76 Å². The van der Waals surface area contributed by atoms with E-state index in [0.29, 0.717) is 17.3 Å². The lowest BCUT2D eigenvalue weighted by atomic mass is 10.3. The van der Waals surface area contributed by atoms with Crippen LogP contribution in [0.4, 0.5) is 5.69 Å². The van der Waals surface area contributed by atoms with Crippen molar-refractivity contribution in [3.63, 3.8) is 0 Å². The number of nitrogens with zero attached hydrogens (tertiary/aromatic N) is 1. The average molecular weight is 280 g/mol. The molecule has 0 bridgehead atoms. The minimum Gasteiger partial charge on any atom is -0.495 e. The zero-order chi connectivity index (χ0) is 13.7. The standard InChI is InChI=1S/C13H14ClN3O2/c1-18-12-5-4-9(7-11(12)14)17-13(15)16-8-10-3-2-6-19-10/h2-7H,8H2,1H3,(H3,15,16,17). The predicted molar refractivity (Wildman–Crippen MR) is 75.7 cm³/mol. The van der Waals surface area contributed by atoms with Gasteiger partial charge in [-0.05, 0) is 30.3 Å². The van der Waals surface area contributed by atoms with Gasteiger partial charge in [0.05, 0.1) is 18.4 Å². The van der Waals surface area contributed by atoms with Gasteiger partial charge in [0.25, 0.3) is 0 Å². The second-order valence-corrected chi connectivity index (χ2v) is 4.16. The number of nitrogens with one attached hydrogen (secondary N) is 1. The first-order valence-electron chi connectivity index (χ1n) is 5.62. The van der Waals surface area contributed by atoms with Gasteiger partial charge in [-0.3, -0.25) is 0 Å². The molecule has 0 radical (unpaired) electrons. The zero-order valence-electron chi connectivity index (χ0n) is 10.4. The Morgan fingerprint density at radius 3 is 2.95 bits per heavy atom. The molecule has 0 unspecified atom stereocenters. The minimum absolute atomic E-state index is 0.289. The summed E-state index contributed by atoms with van der Waals surface area (Å²) in [7, 11) is 1.56. The van der Waals surface area contributed by atoms with Crippen LogP contribution >= 0.6 is 11.6 Å². The van der Waals surface area contributed by atoms with E-state index in [1.807, 2.05) is 6.07 Å². The Bertz CT molecular complexity index is 567. The Labute approximate surface area is 116 Å². The largest absolute Gasteiger partial charge is 0.495 e. The molecule has 0 aliphatic heterocycles. The Morgan fingerprint density at radius 1 is 1.47 bits per heavy atom. The van der Waals surface area contributed by atoms with Crippen molar-refractivity contribution in [1.29, 1.82) is 0 Å². The smallest absolute Gasteiger partial charge is 0.193 e. The van der Waals surface area contributed by atoms with Crippen molar-refractivity contribution in [3.05, 3.63) is 47.4 Å². The highest BCUT2D eigenvalue weighted by Crippen LogP contribution is 2.26. The number of rotatable bonds is 4. The van der Waals surface area contributed by atoms with Gasteiger partial charge in [-0.25, -0.2) is 4.99 Å². The van der Waals surface area contributed by atoms with Crippen molar-refractivity contribution in [2.24, 2.45) is 10.7 Å². The van der Waals surface area contributed by atoms with Gasteiger partial charge < -0.3 is 20.2 Å². The van der Waals surface area contributed by atoms with Crippen molar-refractivity contribution in [3.8, 4) is 5.75 Å². The van der Waals surface area contributed by atoms with Gasteiger partial charge in [-0.15, -0.1) is 0 Å². The van der Waals surface area contributed by atoms with Gasteiger partial charge in [0, 0.05) is 5.69 Å². The molecule has 0 saturated carbocycles. The van der Waals surface area contributed by atoms with Crippen molar-refractivity contribution in [2.75, 3.05) is 12.4 Å². The van der Waals surface area contributed by atoms with Gasteiger partial charge in [0.1, 0.15) is 18.1 Å². The molecule has 19 heavy (non-hydrogen) atoms. The Kier molecular flexibility index (Phi) is 4.30. The molecule has 5 nitrogen and oxygen atoms in total. The number of ether oxygens (including phenoxy) is 1. The van der Waals surface area contributed by atoms with E-state index in [0.717, 1.165) is 11.4 Å². The molecule has 3 N–H and O–H groups in total. The van der Waals surface area contributed by atoms with E-state index < -0.39 is 0 Å². The molecule has 0 aliphatic rings. The summed E-state index contributed by atoms with van der Waals surface area (Å²) in [6.45, 7) is 0.385. The fourth-order valence-electron chi connectivity index (χ4n) is 1.50. The predicted octanol–water partition coefficient (Wildman–Crippen LogP) is 2.87. The summed E-state index contributed by atoms with van der Waals surface area (Å²) in [5.74, 6) is 1.65. The molecule has 0 fully saturated rings. The van der Waals surface area contributed by atoms with E-state index in [2.05, 4.69) is 10.3 Å². The monoisotopic (exact) mass is 279 g/mol. The lowest BCUT2D eigenvalue weighted by Gasteiger charge is -2.08. The molecule has 6 heteroatoms. The lowest BCUT2D eigenvalue weighted by Crippen LogP contribution is -2.22. The molecular weight excluding hydrogens is 266 g/mol. The summed E-state index contributed by atoms with van der Waals surface area (Å²) in [4.78, 5) is 4.15. The first-order valence-corrected chi connectivity index (χ1v) is 5.99. The zero-order valence-corrected chi connectivity index (χ0v) is 11.1. The number of anilines is 1. The van der Waals surface area contributed by atoms with Crippen molar-refractivity contribution >= 4 is 23.2 Å². The molecule has 1 aromatic heterocycles. The summed E-state index contributed by atoms with van der Waals surface area (Å²) in [5.41, 5.74) is 6.51. The molecule has 2 rings (SSSR count). The van der Waals surface area contributed by atoms with Crippen LogP contribution in [-0.4, -0.2) is 13.1 Å². The highest BCUT2D eigenvalue weighted by atomic mass is 35.5. The number of aliphatic imine (C=N–C) groups is 1. The molecule has 0 spiro atoms. The fourth-order valence-corrected chi connectivity index (χ4v) is 1.75. The number of methoxy groups -OCH3 is 1. The Hall–Kier alpha value is -2.14. The molecule has 1 heterocycles. The molecule has 100 valence electrons. The maximum absolute atomic E-state index is 6.01. The molecule has 0 atom stereocenters. The van der Waals surface area contributed by atoms with Crippen LogP contribution < -0.4 is 15.8 Å². The van der Waals surface area contributed by atoms with Gasteiger partial charge in [0.2, 0.25) is 0 Å². The second kappa shape index (κ2) is 6.15. The minimum atomic E-state index is 0.289. The average Bonchev–Trinajstić information content (AvgIpc) is 2.90. The number of halogens is 1. The summed E-state index contributed by atoms with van der Waals surface area (Å²) in [5, 5.41) is 3.45. The third kappa shape index (κ3) is 3.66. The molecule has 0 amide bonds. The topological polar surface area (TPSA) is 72.8 Å². The Morgan fingerprint density at radius 2 is 2.32 bits per heavy atom. The lowest BCUT2D eigenvalue weighted by molar-refractivity contribution is 0.415. The van der Waals surface area contributed by atoms with E-state index in [1.54, 1.807) is 37.6 Å². The normalized spacial score (nSPS) is 11.4. The third-order valence-corrected chi connectivity index (χ3v) is 2.70. The molecule has 1 aromatic carbocycles. The number of benzene rings is 1. The van der Waals surface area contributed by atoms with Crippen LogP contribution in [-0.2, 0) is 6.54 Å². The quantitative estimate of drug-likeness (QED) is 0.667. The molecular formula is C13H14ClN3O2. The van der Waals surface area contributed by atoms with Crippen LogP contribution in [0.2, 0.25) is 5.02 Å². The number of hydrogen-bond acceptors (Lipinski definition) is 3. The van der Waals surface area contributed by atoms with Gasteiger partial charge in [-0.1, -0.05) is 11.6 Å². The molecule has 0 saturated heterocycles. The van der Waals surface area contributed by atoms with Crippen molar-refractivity contribution in [2.45, 2.75) is 6.54 Å². The van der Waals surface area contributed by atoms with Crippen LogP contribution in [0.15, 0.2) is 46.0 Å². The number of hydrogen-bond donors (Lipinski definition) is 2. The van der Waals surface area contributed by atoms with Gasteiger partial charge in [-0.2, -0.15) is 0 Å². The highest BCUT2D eigenvalue weighted by Gasteiger charge is 2.02. The van der Waals surface area contributed by atoms with E-state index in [9.17, 15) is 0 Å². The van der Waals surface area contributed by atoms with Crippen LogP contribution in [0.3, 0.4) is 0 Å². The maximum Gasteiger partial charge on any atom is 0.193 e.